The first-order chi connectivity index (χ1) is 16.3. The van der Waals surface area contributed by atoms with Crippen molar-refractivity contribution in [2.24, 2.45) is 5.73 Å². The third-order valence-electron chi connectivity index (χ3n) is 5.37. The van der Waals surface area contributed by atoms with Gasteiger partial charge in [0.25, 0.3) is 12.3 Å². The molecule has 0 radical (unpaired) electrons. The van der Waals surface area contributed by atoms with Crippen LogP contribution in [0.15, 0.2) is 24.3 Å². The molecule has 2 aromatic rings. The van der Waals surface area contributed by atoms with E-state index in [1.807, 2.05) is 0 Å². The third-order valence-corrected chi connectivity index (χ3v) is 5.37. The van der Waals surface area contributed by atoms with Gasteiger partial charge in [0.1, 0.15) is 23.5 Å². The van der Waals surface area contributed by atoms with Gasteiger partial charge in [0.15, 0.2) is 0 Å². The summed E-state index contributed by atoms with van der Waals surface area (Å²) >= 11 is 0. The number of nitrogens with two attached hydrogens (primary N) is 2. The zero-order valence-electron chi connectivity index (χ0n) is 19.5. The lowest BCUT2D eigenvalue weighted by Gasteiger charge is -2.25. The number of pyridine rings is 1. The molecule has 2 amide bonds. The van der Waals surface area contributed by atoms with Crippen molar-refractivity contribution in [3.63, 3.8) is 0 Å². The zero-order chi connectivity index (χ0) is 26.1. The number of rotatable bonds is 7. The van der Waals surface area contributed by atoms with Crippen molar-refractivity contribution in [3.8, 4) is 17.3 Å². The van der Waals surface area contributed by atoms with Crippen molar-refractivity contribution in [2.45, 2.75) is 58.2 Å². The van der Waals surface area contributed by atoms with Crippen molar-refractivity contribution in [3.05, 3.63) is 46.5 Å². The molecule has 2 heterocycles. The fraction of sp³-hybridized carbons (Fsp3) is 0.375. The number of anilines is 1. The minimum absolute atomic E-state index is 0.00413. The number of fused-ring (bicyclic) bond motifs is 1. The number of nitriles is 1. The van der Waals surface area contributed by atoms with Crippen molar-refractivity contribution in [1.82, 2.24) is 9.88 Å². The summed E-state index contributed by atoms with van der Waals surface area (Å²) in [6.07, 6.45) is -3.07. The van der Waals surface area contributed by atoms with E-state index in [4.69, 9.17) is 16.2 Å². The first-order valence-electron chi connectivity index (χ1n) is 10.8. The molecule has 9 nitrogen and oxygen atoms in total. The van der Waals surface area contributed by atoms with Gasteiger partial charge >= 0.3 is 5.97 Å². The number of alkyl halides is 2. The Morgan fingerprint density at radius 2 is 1.97 bits per heavy atom. The maximum absolute atomic E-state index is 13.4. The number of nitrogens with zero attached hydrogens (tertiary/aromatic N) is 3. The van der Waals surface area contributed by atoms with Crippen molar-refractivity contribution in [2.75, 3.05) is 5.73 Å². The first kappa shape index (κ1) is 25.6. The predicted molar refractivity (Wildman–Crippen MR) is 122 cm³/mol. The molecule has 0 saturated carbocycles. The molecule has 1 aromatic carbocycles. The summed E-state index contributed by atoms with van der Waals surface area (Å²) in [6.45, 7) is 5.14. The van der Waals surface area contributed by atoms with Gasteiger partial charge in [-0.3, -0.25) is 14.4 Å². The second-order valence-corrected chi connectivity index (χ2v) is 9.12. The molecule has 0 unspecified atom stereocenters. The molecule has 11 heteroatoms. The summed E-state index contributed by atoms with van der Waals surface area (Å²) in [5, 5.41) is 9.47. The Bertz CT molecular complexity index is 1230. The second-order valence-electron chi connectivity index (χ2n) is 9.12. The van der Waals surface area contributed by atoms with Crippen LogP contribution < -0.4 is 11.5 Å². The third kappa shape index (κ3) is 5.54. The highest BCUT2D eigenvalue weighted by Gasteiger charge is 2.36. The van der Waals surface area contributed by atoms with Crippen molar-refractivity contribution in [1.29, 1.82) is 5.26 Å². The summed E-state index contributed by atoms with van der Waals surface area (Å²) in [5.41, 5.74) is 10.7. The Labute approximate surface area is 200 Å². The van der Waals surface area contributed by atoms with Gasteiger partial charge in [0.05, 0.1) is 11.3 Å². The number of carbonyl (C=O) groups is 3. The lowest BCUT2D eigenvalue weighted by Crippen LogP contribution is -2.45. The van der Waals surface area contributed by atoms with E-state index in [0.717, 1.165) is 6.07 Å². The fourth-order valence-corrected chi connectivity index (χ4v) is 3.93. The van der Waals surface area contributed by atoms with Gasteiger partial charge in [-0.05, 0) is 51.0 Å². The highest BCUT2D eigenvalue weighted by atomic mass is 19.3. The summed E-state index contributed by atoms with van der Waals surface area (Å²) in [4.78, 5) is 42.5. The quantitative estimate of drug-likeness (QED) is 0.572. The van der Waals surface area contributed by atoms with Crippen LogP contribution >= 0.6 is 0 Å². The van der Waals surface area contributed by atoms with E-state index in [-0.39, 0.29) is 42.0 Å². The Hall–Kier alpha value is -4.07. The number of amides is 2. The summed E-state index contributed by atoms with van der Waals surface area (Å²) in [6, 6.07) is 6.12. The summed E-state index contributed by atoms with van der Waals surface area (Å²) in [7, 11) is 0. The van der Waals surface area contributed by atoms with Crippen LogP contribution in [0.1, 0.15) is 67.1 Å². The highest BCUT2D eigenvalue weighted by Crippen LogP contribution is 2.34. The lowest BCUT2D eigenvalue weighted by molar-refractivity contribution is -0.155. The number of aromatic nitrogens is 1. The molecule has 0 saturated heterocycles. The van der Waals surface area contributed by atoms with E-state index < -0.39 is 41.4 Å². The minimum atomic E-state index is -2.93. The van der Waals surface area contributed by atoms with Crippen LogP contribution in [0.5, 0.6) is 0 Å². The molecule has 0 spiro atoms. The van der Waals surface area contributed by atoms with Crippen LogP contribution in [0.25, 0.3) is 11.3 Å². The topological polar surface area (TPSA) is 152 Å². The Balaban J connectivity index is 1.90. The van der Waals surface area contributed by atoms with Gasteiger partial charge in [-0.25, -0.2) is 13.8 Å². The van der Waals surface area contributed by atoms with Gasteiger partial charge in [-0.1, -0.05) is 6.07 Å². The standard InChI is InChI=1S/C24H25F2N5O4/c1-24(2,3)35-19(32)7-6-17(22(29)33)31-11-13-8-12(4-5-14(13)23(31)34)20-16(10-27)15(21(25)26)9-18(28)30-20/h4-5,8-9,17,21H,6-7,11H2,1-3H3,(H2,28,30)(H2,29,33)/t17-/m0/s1. The van der Waals surface area contributed by atoms with Crippen LogP contribution in [0, 0.1) is 11.3 Å². The molecule has 184 valence electrons. The highest BCUT2D eigenvalue weighted by molar-refractivity contribution is 6.01. The molecule has 3 rings (SSSR count). The molecule has 1 aromatic heterocycles. The van der Waals surface area contributed by atoms with Gasteiger partial charge < -0.3 is 21.1 Å². The fourth-order valence-electron chi connectivity index (χ4n) is 3.93. The summed E-state index contributed by atoms with van der Waals surface area (Å²) in [5.74, 6) is -1.94. The number of benzene rings is 1. The van der Waals surface area contributed by atoms with E-state index in [0.29, 0.717) is 11.1 Å². The normalized spacial score (nSPS) is 14.0. The monoisotopic (exact) mass is 485 g/mol. The average Bonchev–Trinajstić information content (AvgIpc) is 3.07. The molecular formula is C24H25F2N5O4. The van der Waals surface area contributed by atoms with Gasteiger partial charge in [-0.2, -0.15) is 5.26 Å². The van der Waals surface area contributed by atoms with Crippen molar-refractivity contribution >= 4 is 23.6 Å². The number of nitrogen functional groups attached to an aromatic ring is 1. The van der Waals surface area contributed by atoms with Crippen LogP contribution in [0.3, 0.4) is 0 Å². The second kappa shape index (κ2) is 9.66. The zero-order valence-corrected chi connectivity index (χ0v) is 19.5. The molecule has 0 fully saturated rings. The average molecular weight is 485 g/mol. The lowest BCUT2D eigenvalue weighted by atomic mass is 9.98. The molecule has 4 N–H and O–H groups in total. The van der Waals surface area contributed by atoms with Gasteiger partial charge in [0.2, 0.25) is 5.91 Å². The van der Waals surface area contributed by atoms with E-state index in [9.17, 15) is 28.4 Å². The number of hydrogen-bond acceptors (Lipinski definition) is 7. The van der Waals surface area contributed by atoms with Crippen molar-refractivity contribution < 1.29 is 27.9 Å². The Morgan fingerprint density at radius 1 is 1.29 bits per heavy atom. The van der Waals surface area contributed by atoms with Crippen LogP contribution in [-0.2, 0) is 20.9 Å². The summed E-state index contributed by atoms with van der Waals surface area (Å²) < 4.78 is 32.1. The Kier molecular flexibility index (Phi) is 7.05. The van der Waals surface area contributed by atoms with Crippen LogP contribution in [0.4, 0.5) is 14.6 Å². The van der Waals surface area contributed by atoms with E-state index >= 15 is 0 Å². The number of hydrogen-bond donors (Lipinski definition) is 2. The molecule has 0 bridgehead atoms. The van der Waals surface area contributed by atoms with E-state index in [2.05, 4.69) is 4.98 Å². The van der Waals surface area contributed by atoms with Crippen LogP contribution in [0.2, 0.25) is 0 Å². The number of primary amides is 1. The predicted octanol–water partition coefficient (Wildman–Crippen LogP) is 3.07. The number of ether oxygens (including phenoxy) is 1. The largest absolute Gasteiger partial charge is 0.460 e. The van der Waals surface area contributed by atoms with Crippen LogP contribution in [-0.4, -0.2) is 39.3 Å². The van der Waals surface area contributed by atoms with Gasteiger partial charge in [-0.15, -0.1) is 0 Å². The molecule has 1 aliphatic heterocycles. The molecule has 1 aliphatic rings. The molecule has 1 atom stereocenters. The molecule has 0 aliphatic carbocycles. The number of carbonyl (C=O) groups excluding carboxylic acids is 3. The van der Waals surface area contributed by atoms with E-state index in [1.165, 1.54) is 23.1 Å². The Morgan fingerprint density at radius 3 is 2.54 bits per heavy atom. The first-order valence-corrected chi connectivity index (χ1v) is 10.8. The molecule has 35 heavy (non-hydrogen) atoms. The van der Waals surface area contributed by atoms with Gasteiger partial charge in [0, 0.05) is 29.7 Å². The van der Waals surface area contributed by atoms with E-state index in [1.54, 1.807) is 26.8 Å². The maximum Gasteiger partial charge on any atom is 0.306 e. The maximum atomic E-state index is 13.4. The smallest absolute Gasteiger partial charge is 0.306 e. The minimum Gasteiger partial charge on any atom is -0.460 e. The SMILES string of the molecule is CC(C)(C)OC(=O)CC[C@@H](C(N)=O)N1Cc2cc(-c3nc(N)cc(C(F)F)c3C#N)ccc2C1=O. The number of esters is 1. The number of halogens is 2. The molecular weight excluding hydrogens is 460 g/mol.